The van der Waals surface area contributed by atoms with Crippen molar-refractivity contribution in [2.75, 3.05) is 13.1 Å². The average Bonchev–Trinajstić information content (AvgIpc) is 2.57. The Bertz CT molecular complexity index is 304. The molecular weight excluding hydrogens is 198 g/mol. The van der Waals surface area contributed by atoms with Crippen molar-refractivity contribution in [2.24, 2.45) is 0 Å². The van der Waals surface area contributed by atoms with Gasteiger partial charge in [-0.15, -0.1) is 0 Å². The Morgan fingerprint density at radius 3 is 2.69 bits per heavy atom. The quantitative estimate of drug-likeness (QED) is 0.720. The Balaban J connectivity index is 2.29. The number of aryl methyl sites for hydroxylation is 2. The van der Waals surface area contributed by atoms with Gasteiger partial charge in [-0.25, -0.2) is 0 Å². The summed E-state index contributed by atoms with van der Waals surface area (Å²) in [6, 6.07) is 2.57. The normalized spacial score (nSPS) is 13.0. The third-order valence-corrected chi connectivity index (χ3v) is 2.86. The van der Waals surface area contributed by atoms with Gasteiger partial charge >= 0.3 is 0 Å². The number of hydrogen-bond donors (Lipinski definition) is 1. The molecule has 0 spiro atoms. The second-order valence-corrected chi connectivity index (χ2v) is 4.63. The molecule has 0 saturated carbocycles. The number of unbranched alkanes of at least 4 members (excludes halogenated alkanes) is 2. The van der Waals surface area contributed by atoms with Gasteiger partial charge in [0.25, 0.3) is 0 Å². The van der Waals surface area contributed by atoms with Crippen LogP contribution in [0, 0.1) is 13.8 Å². The van der Waals surface area contributed by atoms with Gasteiger partial charge in [-0.1, -0.05) is 19.8 Å². The van der Waals surface area contributed by atoms with Crippen molar-refractivity contribution in [1.82, 2.24) is 15.1 Å². The van der Waals surface area contributed by atoms with Crippen molar-refractivity contribution >= 4 is 0 Å². The molecule has 1 aromatic rings. The van der Waals surface area contributed by atoms with Gasteiger partial charge in [-0.3, -0.25) is 4.68 Å². The van der Waals surface area contributed by atoms with Gasteiger partial charge in [-0.2, -0.15) is 5.10 Å². The van der Waals surface area contributed by atoms with Gasteiger partial charge < -0.3 is 5.32 Å². The topological polar surface area (TPSA) is 29.9 Å². The number of hydrogen-bond acceptors (Lipinski definition) is 2. The summed E-state index contributed by atoms with van der Waals surface area (Å²) in [5, 5.41) is 8.00. The van der Waals surface area contributed by atoms with Crippen molar-refractivity contribution < 1.29 is 0 Å². The van der Waals surface area contributed by atoms with E-state index in [4.69, 9.17) is 0 Å². The maximum atomic E-state index is 4.50. The van der Waals surface area contributed by atoms with Crippen molar-refractivity contribution in [3.8, 4) is 0 Å². The van der Waals surface area contributed by atoms with Crippen LogP contribution in [-0.2, 0) is 0 Å². The predicted molar refractivity (Wildman–Crippen MR) is 68.8 cm³/mol. The van der Waals surface area contributed by atoms with Crippen LogP contribution in [0.25, 0.3) is 0 Å². The van der Waals surface area contributed by atoms with Crippen LogP contribution in [0.15, 0.2) is 6.07 Å². The molecule has 0 fully saturated rings. The molecule has 1 rings (SSSR count). The van der Waals surface area contributed by atoms with E-state index in [1.54, 1.807) is 0 Å². The maximum Gasteiger partial charge on any atom is 0.0618 e. The second kappa shape index (κ2) is 6.69. The van der Waals surface area contributed by atoms with Gasteiger partial charge in [-0.05, 0) is 39.8 Å². The summed E-state index contributed by atoms with van der Waals surface area (Å²) in [5.41, 5.74) is 2.36. The van der Waals surface area contributed by atoms with Gasteiger partial charge in [0.05, 0.1) is 11.7 Å². The Morgan fingerprint density at radius 2 is 2.12 bits per heavy atom. The molecule has 0 amide bonds. The van der Waals surface area contributed by atoms with Crippen molar-refractivity contribution in [3.05, 3.63) is 17.5 Å². The number of aromatic nitrogens is 2. The molecule has 92 valence electrons. The van der Waals surface area contributed by atoms with E-state index < -0.39 is 0 Å². The zero-order chi connectivity index (χ0) is 12.0. The molecule has 0 saturated heterocycles. The Morgan fingerprint density at radius 1 is 1.38 bits per heavy atom. The SMILES string of the molecule is CCCCCNCC(C)n1nc(C)cc1C. The van der Waals surface area contributed by atoms with Crippen LogP contribution in [0.1, 0.15) is 50.5 Å². The number of nitrogens with zero attached hydrogens (tertiary/aromatic N) is 2. The highest BCUT2D eigenvalue weighted by molar-refractivity contribution is 5.07. The summed E-state index contributed by atoms with van der Waals surface area (Å²) in [6.45, 7) is 10.7. The van der Waals surface area contributed by atoms with Crippen LogP contribution in [0.2, 0.25) is 0 Å². The smallest absolute Gasteiger partial charge is 0.0618 e. The van der Waals surface area contributed by atoms with Gasteiger partial charge in [0.15, 0.2) is 0 Å². The minimum absolute atomic E-state index is 0.440. The second-order valence-electron chi connectivity index (χ2n) is 4.63. The largest absolute Gasteiger partial charge is 0.315 e. The molecule has 1 N–H and O–H groups in total. The van der Waals surface area contributed by atoms with Gasteiger partial charge in [0, 0.05) is 12.2 Å². The number of nitrogens with one attached hydrogen (secondary N) is 1. The molecular formula is C13H25N3. The molecule has 0 aliphatic heterocycles. The van der Waals surface area contributed by atoms with E-state index in [-0.39, 0.29) is 0 Å². The highest BCUT2D eigenvalue weighted by Gasteiger charge is 2.08. The Labute approximate surface area is 99.2 Å². The third-order valence-electron chi connectivity index (χ3n) is 2.86. The summed E-state index contributed by atoms with van der Waals surface area (Å²) in [6.07, 6.45) is 3.89. The zero-order valence-corrected chi connectivity index (χ0v) is 11.1. The lowest BCUT2D eigenvalue weighted by atomic mass is 10.2. The number of rotatable bonds is 7. The molecule has 1 atom stereocenters. The molecule has 16 heavy (non-hydrogen) atoms. The molecule has 0 aromatic carbocycles. The highest BCUT2D eigenvalue weighted by Crippen LogP contribution is 2.09. The molecule has 0 aliphatic carbocycles. The summed E-state index contributed by atoms with van der Waals surface area (Å²) in [5.74, 6) is 0. The molecule has 1 aromatic heterocycles. The van der Waals surface area contributed by atoms with Gasteiger partial charge in [0.2, 0.25) is 0 Å². The van der Waals surface area contributed by atoms with Crippen molar-refractivity contribution in [3.63, 3.8) is 0 Å². The molecule has 1 heterocycles. The Hall–Kier alpha value is -0.830. The Kier molecular flexibility index (Phi) is 5.53. The minimum Gasteiger partial charge on any atom is -0.315 e. The van der Waals surface area contributed by atoms with E-state index in [1.165, 1.54) is 25.0 Å². The third kappa shape index (κ3) is 3.97. The van der Waals surface area contributed by atoms with Crippen LogP contribution >= 0.6 is 0 Å². The van der Waals surface area contributed by atoms with E-state index in [0.717, 1.165) is 18.8 Å². The lowest BCUT2D eigenvalue weighted by Gasteiger charge is -2.15. The fourth-order valence-corrected chi connectivity index (χ4v) is 1.99. The molecule has 3 nitrogen and oxygen atoms in total. The predicted octanol–water partition coefficient (Wildman–Crippen LogP) is 2.84. The monoisotopic (exact) mass is 223 g/mol. The average molecular weight is 223 g/mol. The van der Waals surface area contributed by atoms with Crippen LogP contribution in [-0.4, -0.2) is 22.9 Å². The molecule has 0 radical (unpaired) electrons. The van der Waals surface area contributed by atoms with E-state index >= 15 is 0 Å². The van der Waals surface area contributed by atoms with Crippen LogP contribution in [0.3, 0.4) is 0 Å². The maximum absolute atomic E-state index is 4.50. The fraction of sp³-hybridized carbons (Fsp3) is 0.769. The van der Waals surface area contributed by atoms with Crippen molar-refractivity contribution in [1.29, 1.82) is 0 Å². The van der Waals surface area contributed by atoms with Crippen molar-refractivity contribution in [2.45, 2.75) is 53.0 Å². The first-order valence-corrected chi connectivity index (χ1v) is 6.38. The first-order valence-electron chi connectivity index (χ1n) is 6.38. The zero-order valence-electron chi connectivity index (χ0n) is 11.1. The highest BCUT2D eigenvalue weighted by atomic mass is 15.3. The van der Waals surface area contributed by atoms with E-state index in [1.807, 2.05) is 6.92 Å². The van der Waals surface area contributed by atoms with E-state index in [2.05, 4.69) is 41.9 Å². The van der Waals surface area contributed by atoms with Crippen LogP contribution < -0.4 is 5.32 Å². The lowest BCUT2D eigenvalue weighted by molar-refractivity contribution is 0.440. The first kappa shape index (κ1) is 13.2. The van der Waals surface area contributed by atoms with E-state index in [0.29, 0.717) is 6.04 Å². The summed E-state index contributed by atoms with van der Waals surface area (Å²) >= 11 is 0. The van der Waals surface area contributed by atoms with Gasteiger partial charge in [0.1, 0.15) is 0 Å². The summed E-state index contributed by atoms with van der Waals surface area (Å²) < 4.78 is 2.11. The first-order chi connectivity index (χ1) is 7.65. The van der Waals surface area contributed by atoms with Crippen LogP contribution in [0.5, 0.6) is 0 Å². The fourth-order valence-electron chi connectivity index (χ4n) is 1.99. The molecule has 1 unspecified atom stereocenters. The van der Waals surface area contributed by atoms with Crippen LogP contribution in [0.4, 0.5) is 0 Å². The standard InChI is InChI=1S/C13H25N3/c1-5-6-7-8-14-10-13(4)16-12(3)9-11(2)15-16/h9,13-14H,5-8,10H2,1-4H3. The minimum atomic E-state index is 0.440. The lowest BCUT2D eigenvalue weighted by Crippen LogP contribution is -2.25. The molecule has 3 heteroatoms. The summed E-state index contributed by atoms with van der Waals surface area (Å²) in [7, 11) is 0. The summed E-state index contributed by atoms with van der Waals surface area (Å²) in [4.78, 5) is 0. The van der Waals surface area contributed by atoms with E-state index in [9.17, 15) is 0 Å². The molecule has 0 bridgehead atoms. The molecule has 0 aliphatic rings.